The summed E-state index contributed by atoms with van der Waals surface area (Å²) in [6, 6.07) is 4.83. The van der Waals surface area contributed by atoms with E-state index in [2.05, 4.69) is 10.6 Å². The van der Waals surface area contributed by atoms with Gasteiger partial charge in [0.2, 0.25) is 5.91 Å². The highest BCUT2D eigenvalue weighted by Crippen LogP contribution is 2.29. The van der Waals surface area contributed by atoms with E-state index in [1.807, 2.05) is 0 Å². The number of hydrogen-bond acceptors (Lipinski definition) is 4. The van der Waals surface area contributed by atoms with Crippen molar-refractivity contribution in [3.05, 3.63) is 18.2 Å². The Morgan fingerprint density at radius 1 is 1.31 bits per heavy atom. The van der Waals surface area contributed by atoms with E-state index >= 15 is 0 Å². The molecule has 1 aromatic carbocycles. The fourth-order valence-corrected chi connectivity index (χ4v) is 2.60. The second kappa shape index (κ2) is 8.44. The minimum atomic E-state index is -3.51. The lowest BCUT2D eigenvalue weighted by molar-refractivity contribution is -0.137. The number of halogens is 2. The van der Waals surface area contributed by atoms with Crippen molar-refractivity contribution in [1.29, 1.82) is 0 Å². The number of carbonyl (C=O) groups is 2. The highest BCUT2D eigenvalue weighted by atomic mass is 19.3. The van der Waals surface area contributed by atoms with Gasteiger partial charge in [0, 0.05) is 39.7 Å². The van der Waals surface area contributed by atoms with Gasteiger partial charge >= 0.3 is 5.92 Å². The second-order valence-corrected chi connectivity index (χ2v) is 6.52. The predicted octanol–water partition coefficient (Wildman–Crippen LogP) is 3.24. The van der Waals surface area contributed by atoms with Crippen molar-refractivity contribution < 1.29 is 23.1 Å². The first-order chi connectivity index (χ1) is 12.2. The summed E-state index contributed by atoms with van der Waals surface area (Å²) in [6.45, 7) is 3.15. The van der Waals surface area contributed by atoms with Gasteiger partial charge in [0.15, 0.2) is 0 Å². The summed E-state index contributed by atoms with van der Waals surface area (Å²) in [5.74, 6) is -5.12. The maximum absolute atomic E-state index is 13.3. The number of benzene rings is 1. The second-order valence-electron chi connectivity index (χ2n) is 6.52. The Labute approximate surface area is 151 Å². The van der Waals surface area contributed by atoms with Gasteiger partial charge in [-0.1, -0.05) is 0 Å². The third-order valence-electron chi connectivity index (χ3n) is 4.30. The van der Waals surface area contributed by atoms with Crippen molar-refractivity contribution in [2.75, 3.05) is 35.7 Å². The molecule has 1 unspecified atom stereocenters. The fourth-order valence-electron chi connectivity index (χ4n) is 2.60. The van der Waals surface area contributed by atoms with Gasteiger partial charge in [0.05, 0.1) is 17.5 Å². The largest absolute Gasteiger partial charge is 0.381 e. The van der Waals surface area contributed by atoms with E-state index < -0.39 is 11.8 Å². The highest BCUT2D eigenvalue weighted by molar-refractivity contribution is 6.00. The van der Waals surface area contributed by atoms with Gasteiger partial charge in [-0.3, -0.25) is 9.59 Å². The molecule has 0 spiro atoms. The van der Waals surface area contributed by atoms with E-state index in [4.69, 9.17) is 4.74 Å². The average Bonchev–Trinajstić information content (AvgIpc) is 2.59. The molecular formula is C18H25F2N3O3. The maximum Gasteiger partial charge on any atom is 0.322 e. The molecule has 1 atom stereocenters. The predicted molar refractivity (Wildman–Crippen MR) is 96.9 cm³/mol. The molecule has 1 aliphatic rings. The molecular weight excluding hydrogens is 344 g/mol. The number of amides is 2. The third-order valence-corrected chi connectivity index (χ3v) is 4.30. The molecule has 0 radical (unpaired) electrons. The van der Waals surface area contributed by atoms with Gasteiger partial charge in [-0.25, -0.2) is 0 Å². The van der Waals surface area contributed by atoms with Crippen LogP contribution in [0.2, 0.25) is 0 Å². The Morgan fingerprint density at radius 2 is 2.04 bits per heavy atom. The number of carbonyl (C=O) groups excluding carboxylic acids is 2. The lowest BCUT2D eigenvalue weighted by Crippen LogP contribution is -2.32. The van der Waals surface area contributed by atoms with E-state index in [1.54, 1.807) is 19.2 Å². The summed E-state index contributed by atoms with van der Waals surface area (Å²) >= 11 is 0. The van der Waals surface area contributed by atoms with Gasteiger partial charge in [-0.15, -0.1) is 0 Å². The number of anilines is 3. The van der Waals surface area contributed by atoms with E-state index in [0.717, 1.165) is 19.3 Å². The van der Waals surface area contributed by atoms with Crippen LogP contribution in [-0.4, -0.2) is 44.0 Å². The first-order valence-electron chi connectivity index (χ1n) is 8.61. The van der Waals surface area contributed by atoms with Crippen LogP contribution in [0.4, 0.5) is 25.8 Å². The minimum Gasteiger partial charge on any atom is -0.381 e. The molecule has 144 valence electrons. The van der Waals surface area contributed by atoms with Gasteiger partial charge in [-0.2, -0.15) is 8.78 Å². The number of rotatable bonds is 6. The van der Waals surface area contributed by atoms with Gasteiger partial charge in [-0.05, 0) is 37.5 Å². The summed E-state index contributed by atoms with van der Waals surface area (Å²) in [4.78, 5) is 24.6. The number of hydrogen-bond donors (Lipinski definition) is 2. The Kier molecular flexibility index (Phi) is 6.52. The van der Waals surface area contributed by atoms with Crippen LogP contribution in [0.3, 0.4) is 0 Å². The minimum absolute atomic E-state index is 0.0412. The van der Waals surface area contributed by atoms with Crippen LogP contribution >= 0.6 is 0 Å². The quantitative estimate of drug-likeness (QED) is 0.808. The Morgan fingerprint density at radius 3 is 2.62 bits per heavy atom. The molecule has 6 nitrogen and oxygen atoms in total. The highest BCUT2D eigenvalue weighted by Gasteiger charge is 2.32. The molecule has 8 heteroatoms. The summed E-state index contributed by atoms with van der Waals surface area (Å²) in [5.41, 5.74) is 1.18. The van der Waals surface area contributed by atoms with E-state index in [1.165, 1.54) is 17.9 Å². The van der Waals surface area contributed by atoms with Crippen LogP contribution in [0.5, 0.6) is 0 Å². The maximum atomic E-state index is 13.3. The smallest absolute Gasteiger partial charge is 0.322 e. The molecule has 1 heterocycles. The molecule has 2 N–H and O–H groups in total. The Balaban J connectivity index is 2.20. The zero-order valence-corrected chi connectivity index (χ0v) is 15.3. The molecule has 2 amide bonds. The topological polar surface area (TPSA) is 70.7 Å². The van der Waals surface area contributed by atoms with Crippen LogP contribution in [0.15, 0.2) is 18.2 Å². The van der Waals surface area contributed by atoms with Crippen LogP contribution < -0.4 is 15.5 Å². The van der Waals surface area contributed by atoms with Crippen molar-refractivity contribution in [2.45, 2.75) is 45.1 Å². The van der Waals surface area contributed by atoms with Crippen molar-refractivity contribution in [3.63, 3.8) is 0 Å². The summed E-state index contributed by atoms with van der Waals surface area (Å²) < 4.78 is 32.2. The lowest BCUT2D eigenvalue weighted by atomic mass is 10.1. The molecule has 1 saturated heterocycles. The van der Waals surface area contributed by atoms with Crippen molar-refractivity contribution in [2.24, 2.45) is 0 Å². The van der Waals surface area contributed by atoms with Crippen LogP contribution in [0.1, 0.15) is 33.1 Å². The number of nitrogens with zero attached hydrogens (tertiary/aromatic N) is 1. The molecule has 1 aliphatic heterocycles. The van der Waals surface area contributed by atoms with E-state index in [-0.39, 0.29) is 17.7 Å². The van der Waals surface area contributed by atoms with Crippen molar-refractivity contribution in [1.82, 2.24) is 0 Å². The first-order valence-corrected chi connectivity index (χ1v) is 8.61. The normalized spacial score (nSPS) is 17.5. The monoisotopic (exact) mass is 369 g/mol. The van der Waals surface area contributed by atoms with Crippen LogP contribution in [0, 0.1) is 0 Å². The number of alkyl halides is 2. The van der Waals surface area contributed by atoms with Gasteiger partial charge in [0.1, 0.15) is 0 Å². The third kappa shape index (κ3) is 5.39. The molecule has 0 saturated carbocycles. The SMILES string of the molecule is CC(=O)N(C)c1ccc(NCC2CCCCO2)c(NC(=O)C(C)(F)F)c1. The molecule has 0 aromatic heterocycles. The lowest BCUT2D eigenvalue weighted by Gasteiger charge is -2.25. The summed E-state index contributed by atoms with van der Waals surface area (Å²) in [6.07, 6.45) is 3.09. The van der Waals surface area contributed by atoms with Crippen LogP contribution in [0.25, 0.3) is 0 Å². The van der Waals surface area contributed by atoms with Gasteiger partial charge in [0.25, 0.3) is 5.91 Å². The summed E-state index contributed by atoms with van der Waals surface area (Å²) in [7, 11) is 1.57. The average molecular weight is 369 g/mol. The van der Waals surface area contributed by atoms with E-state index in [9.17, 15) is 18.4 Å². The fraction of sp³-hybridized carbons (Fsp3) is 0.556. The Hall–Kier alpha value is -2.22. The summed E-state index contributed by atoms with van der Waals surface area (Å²) in [5, 5.41) is 5.39. The molecule has 1 aromatic rings. The standard InChI is InChI=1S/C18H25F2N3O3/c1-12(24)23(3)13-7-8-15(21-11-14-6-4-5-9-26-14)16(10-13)22-17(25)18(2,19)20/h7-8,10,14,21H,4-6,9,11H2,1-3H3,(H,22,25). The number of ether oxygens (including phenoxy) is 1. The van der Waals surface area contributed by atoms with Gasteiger partial charge < -0.3 is 20.3 Å². The zero-order chi connectivity index (χ0) is 19.3. The Bertz CT molecular complexity index is 656. The number of nitrogens with one attached hydrogen (secondary N) is 2. The molecule has 0 bridgehead atoms. The molecule has 1 fully saturated rings. The van der Waals surface area contributed by atoms with Crippen LogP contribution in [-0.2, 0) is 14.3 Å². The molecule has 2 rings (SSSR count). The van der Waals surface area contributed by atoms with E-state index in [0.29, 0.717) is 31.5 Å². The zero-order valence-electron chi connectivity index (χ0n) is 15.3. The molecule has 26 heavy (non-hydrogen) atoms. The molecule has 0 aliphatic carbocycles. The first kappa shape index (κ1) is 20.1. The van der Waals surface area contributed by atoms with Crippen molar-refractivity contribution in [3.8, 4) is 0 Å². The van der Waals surface area contributed by atoms with Crippen molar-refractivity contribution >= 4 is 28.9 Å².